The Kier molecular flexibility index (Phi) is 6.50. The lowest BCUT2D eigenvalue weighted by Gasteiger charge is -2.36. The average molecular weight is 292 g/mol. The maximum atomic E-state index is 13.6. The summed E-state index contributed by atoms with van der Waals surface area (Å²) in [7, 11) is 0. The summed E-state index contributed by atoms with van der Waals surface area (Å²) in [6.45, 7) is 7.09. The van der Waals surface area contributed by atoms with Crippen molar-refractivity contribution in [1.29, 1.82) is 0 Å². The Morgan fingerprint density at radius 3 is 2.62 bits per heavy atom. The van der Waals surface area contributed by atoms with E-state index in [1.54, 1.807) is 12.1 Å². The van der Waals surface area contributed by atoms with E-state index in [1.165, 1.54) is 37.8 Å². The summed E-state index contributed by atoms with van der Waals surface area (Å²) in [5, 5.41) is 3.41. The van der Waals surface area contributed by atoms with E-state index in [0.29, 0.717) is 6.04 Å². The molecule has 1 fully saturated rings. The molecule has 0 radical (unpaired) electrons. The third-order valence-electron chi connectivity index (χ3n) is 4.45. The number of hydrogen-bond acceptors (Lipinski definition) is 2. The van der Waals surface area contributed by atoms with Crippen LogP contribution in [0.15, 0.2) is 18.2 Å². The molecule has 2 nitrogen and oxygen atoms in total. The highest BCUT2D eigenvalue weighted by atomic mass is 19.1. The Bertz CT molecular complexity index is 427. The molecule has 2 rings (SSSR count). The lowest BCUT2D eigenvalue weighted by molar-refractivity contribution is 0.417. The summed E-state index contributed by atoms with van der Waals surface area (Å²) in [4.78, 5) is 2.49. The number of anilines is 1. The van der Waals surface area contributed by atoms with Crippen molar-refractivity contribution in [2.24, 2.45) is 0 Å². The monoisotopic (exact) mass is 292 g/mol. The van der Waals surface area contributed by atoms with Gasteiger partial charge in [0.25, 0.3) is 0 Å². The molecule has 0 spiro atoms. The van der Waals surface area contributed by atoms with Crippen LogP contribution in [0.5, 0.6) is 0 Å². The van der Waals surface area contributed by atoms with Gasteiger partial charge in [0.2, 0.25) is 0 Å². The SMILES string of the molecule is CCCNCc1cc(F)ccc1N(CC)C1CCCCC1. The van der Waals surface area contributed by atoms with E-state index in [9.17, 15) is 4.39 Å². The quantitative estimate of drug-likeness (QED) is 0.745. The van der Waals surface area contributed by atoms with Crippen LogP contribution in [0.25, 0.3) is 0 Å². The van der Waals surface area contributed by atoms with Crippen molar-refractivity contribution >= 4 is 5.69 Å². The maximum Gasteiger partial charge on any atom is 0.123 e. The topological polar surface area (TPSA) is 15.3 Å². The largest absolute Gasteiger partial charge is 0.369 e. The zero-order valence-electron chi connectivity index (χ0n) is 13.5. The fraction of sp³-hybridized carbons (Fsp3) is 0.667. The summed E-state index contributed by atoms with van der Waals surface area (Å²) < 4.78 is 13.6. The fourth-order valence-electron chi connectivity index (χ4n) is 3.39. The van der Waals surface area contributed by atoms with Crippen LogP contribution < -0.4 is 10.2 Å². The van der Waals surface area contributed by atoms with Crippen LogP contribution in [0.3, 0.4) is 0 Å². The zero-order valence-corrected chi connectivity index (χ0v) is 13.5. The number of nitrogens with zero attached hydrogens (tertiary/aromatic N) is 1. The molecule has 0 saturated heterocycles. The van der Waals surface area contributed by atoms with Crippen LogP contribution in [0.1, 0.15) is 57.9 Å². The Labute approximate surface area is 128 Å². The molecule has 0 aliphatic heterocycles. The van der Waals surface area contributed by atoms with Crippen LogP contribution in [-0.4, -0.2) is 19.1 Å². The van der Waals surface area contributed by atoms with Crippen molar-refractivity contribution < 1.29 is 4.39 Å². The highest BCUT2D eigenvalue weighted by Gasteiger charge is 2.22. The Balaban J connectivity index is 2.18. The van der Waals surface area contributed by atoms with E-state index >= 15 is 0 Å². The third kappa shape index (κ3) is 4.44. The summed E-state index contributed by atoms with van der Waals surface area (Å²) in [5.41, 5.74) is 2.31. The first-order valence-electron chi connectivity index (χ1n) is 8.52. The molecule has 118 valence electrons. The van der Waals surface area contributed by atoms with Crippen molar-refractivity contribution in [3.05, 3.63) is 29.6 Å². The van der Waals surface area contributed by atoms with Crippen LogP contribution in [-0.2, 0) is 6.54 Å². The summed E-state index contributed by atoms with van der Waals surface area (Å²) in [6.07, 6.45) is 7.66. The lowest BCUT2D eigenvalue weighted by atomic mass is 9.93. The van der Waals surface area contributed by atoms with Crippen LogP contribution >= 0.6 is 0 Å². The molecule has 1 aliphatic rings. The van der Waals surface area contributed by atoms with Gasteiger partial charge in [0.1, 0.15) is 5.82 Å². The first-order valence-corrected chi connectivity index (χ1v) is 8.52. The van der Waals surface area contributed by atoms with Gasteiger partial charge in [0, 0.05) is 24.8 Å². The summed E-state index contributed by atoms with van der Waals surface area (Å²) in [6, 6.07) is 5.89. The van der Waals surface area contributed by atoms with Crippen molar-refractivity contribution in [2.45, 2.75) is 65.0 Å². The van der Waals surface area contributed by atoms with Gasteiger partial charge in [-0.2, -0.15) is 0 Å². The Morgan fingerprint density at radius 1 is 1.19 bits per heavy atom. The molecule has 3 heteroatoms. The van der Waals surface area contributed by atoms with Gasteiger partial charge >= 0.3 is 0 Å². The highest BCUT2D eigenvalue weighted by molar-refractivity contribution is 5.54. The fourth-order valence-corrected chi connectivity index (χ4v) is 3.39. The number of rotatable bonds is 7. The van der Waals surface area contributed by atoms with E-state index in [4.69, 9.17) is 0 Å². The minimum Gasteiger partial charge on any atom is -0.369 e. The van der Waals surface area contributed by atoms with Crippen LogP contribution in [0.2, 0.25) is 0 Å². The molecule has 1 saturated carbocycles. The second-order valence-corrected chi connectivity index (χ2v) is 6.03. The van der Waals surface area contributed by atoms with E-state index < -0.39 is 0 Å². The third-order valence-corrected chi connectivity index (χ3v) is 4.45. The predicted octanol–water partition coefficient (Wildman–Crippen LogP) is 4.48. The number of halogens is 1. The smallest absolute Gasteiger partial charge is 0.123 e. The molecule has 21 heavy (non-hydrogen) atoms. The van der Waals surface area contributed by atoms with Crippen molar-refractivity contribution in [3.63, 3.8) is 0 Å². The van der Waals surface area contributed by atoms with Crippen molar-refractivity contribution in [2.75, 3.05) is 18.0 Å². The van der Waals surface area contributed by atoms with E-state index in [2.05, 4.69) is 24.1 Å². The highest BCUT2D eigenvalue weighted by Crippen LogP contribution is 2.30. The molecule has 1 aromatic carbocycles. The van der Waals surface area contributed by atoms with E-state index in [1.807, 2.05) is 6.07 Å². The average Bonchev–Trinajstić information content (AvgIpc) is 2.51. The van der Waals surface area contributed by atoms with Gasteiger partial charge in [-0.05, 0) is 56.5 Å². The summed E-state index contributed by atoms with van der Waals surface area (Å²) >= 11 is 0. The van der Waals surface area contributed by atoms with Crippen LogP contribution in [0, 0.1) is 5.82 Å². The molecule has 1 N–H and O–H groups in total. The summed E-state index contributed by atoms with van der Waals surface area (Å²) in [5.74, 6) is -0.133. The lowest BCUT2D eigenvalue weighted by Crippen LogP contribution is -2.37. The van der Waals surface area contributed by atoms with Gasteiger partial charge in [-0.3, -0.25) is 0 Å². The van der Waals surface area contributed by atoms with Gasteiger partial charge in [0.05, 0.1) is 0 Å². The second kappa shape index (κ2) is 8.38. The maximum absolute atomic E-state index is 13.6. The Hall–Kier alpha value is -1.09. The van der Waals surface area contributed by atoms with Crippen molar-refractivity contribution in [3.8, 4) is 0 Å². The molecule has 0 heterocycles. The molecule has 0 atom stereocenters. The molecule has 0 aromatic heterocycles. The molecular weight excluding hydrogens is 263 g/mol. The van der Waals surface area contributed by atoms with Gasteiger partial charge in [-0.15, -0.1) is 0 Å². The minimum atomic E-state index is -0.133. The molecule has 0 bridgehead atoms. The van der Waals surface area contributed by atoms with Crippen molar-refractivity contribution in [1.82, 2.24) is 5.32 Å². The van der Waals surface area contributed by atoms with Gasteiger partial charge < -0.3 is 10.2 Å². The second-order valence-electron chi connectivity index (χ2n) is 6.03. The number of hydrogen-bond donors (Lipinski definition) is 1. The van der Waals surface area contributed by atoms with Gasteiger partial charge in [0.15, 0.2) is 0 Å². The first-order chi connectivity index (χ1) is 10.3. The molecule has 1 aliphatic carbocycles. The number of benzene rings is 1. The minimum absolute atomic E-state index is 0.133. The van der Waals surface area contributed by atoms with Gasteiger partial charge in [-0.25, -0.2) is 4.39 Å². The standard InChI is InChI=1S/C18H29FN2/c1-3-12-20-14-15-13-16(19)10-11-18(15)21(4-2)17-8-6-5-7-9-17/h10-11,13,17,20H,3-9,12,14H2,1-2H3. The zero-order chi connectivity index (χ0) is 15.1. The molecule has 0 unspecified atom stereocenters. The van der Waals surface area contributed by atoms with E-state index in [0.717, 1.165) is 31.6 Å². The van der Waals surface area contributed by atoms with Gasteiger partial charge in [-0.1, -0.05) is 26.2 Å². The molecule has 1 aromatic rings. The van der Waals surface area contributed by atoms with E-state index in [-0.39, 0.29) is 5.82 Å². The Morgan fingerprint density at radius 2 is 1.95 bits per heavy atom. The first kappa shape index (κ1) is 16.3. The number of nitrogens with one attached hydrogen (secondary N) is 1. The molecular formula is C18H29FN2. The van der Waals surface area contributed by atoms with Crippen LogP contribution in [0.4, 0.5) is 10.1 Å². The molecule has 0 amide bonds. The predicted molar refractivity (Wildman–Crippen MR) is 88.3 cm³/mol. The normalized spacial score (nSPS) is 16.1.